The molecular weight excluding hydrogens is 436 g/mol. The van der Waals surface area contributed by atoms with Crippen LogP contribution >= 0.6 is 11.6 Å². The molecule has 31 heavy (non-hydrogen) atoms. The minimum absolute atomic E-state index is 0.0389. The standard InChI is InChI=1S/C22H25ClN4O3S/c1-5-26(6-2)31(29,30)21-13-17(11-12-19(21)23)25-22(28)18-14-24-27(16(18)4)20-10-8-7-9-15(20)3/h7-14H,5-6H2,1-4H3,(H,25,28). The van der Waals surface area contributed by atoms with Crippen molar-refractivity contribution in [3.8, 4) is 5.69 Å². The maximum Gasteiger partial charge on any atom is 0.259 e. The summed E-state index contributed by atoms with van der Waals surface area (Å²) < 4.78 is 28.8. The largest absolute Gasteiger partial charge is 0.322 e. The van der Waals surface area contributed by atoms with Gasteiger partial charge in [0.2, 0.25) is 10.0 Å². The van der Waals surface area contributed by atoms with Crippen molar-refractivity contribution in [2.45, 2.75) is 32.6 Å². The van der Waals surface area contributed by atoms with Crippen molar-refractivity contribution >= 4 is 33.2 Å². The van der Waals surface area contributed by atoms with Crippen LogP contribution in [0.15, 0.2) is 53.6 Å². The normalized spacial score (nSPS) is 11.7. The topological polar surface area (TPSA) is 84.3 Å². The molecule has 0 saturated carbocycles. The molecule has 1 amide bonds. The molecule has 0 unspecified atom stereocenters. The number of aromatic nitrogens is 2. The second-order valence-electron chi connectivity index (χ2n) is 7.03. The minimum atomic E-state index is -3.77. The third-order valence-corrected chi connectivity index (χ3v) is 7.64. The van der Waals surface area contributed by atoms with E-state index in [0.717, 1.165) is 11.3 Å². The third kappa shape index (κ3) is 4.51. The maximum atomic E-state index is 12.9. The number of carbonyl (C=O) groups excluding carboxylic acids is 1. The smallest absolute Gasteiger partial charge is 0.259 e. The Hall–Kier alpha value is -2.68. The van der Waals surface area contributed by atoms with Crippen LogP contribution in [-0.2, 0) is 10.0 Å². The number of para-hydroxylation sites is 1. The van der Waals surface area contributed by atoms with Crippen LogP contribution in [0.4, 0.5) is 5.69 Å². The van der Waals surface area contributed by atoms with Crippen molar-refractivity contribution in [2.75, 3.05) is 18.4 Å². The molecule has 0 aliphatic heterocycles. The van der Waals surface area contributed by atoms with Crippen LogP contribution in [0, 0.1) is 13.8 Å². The third-order valence-electron chi connectivity index (χ3n) is 5.11. The summed E-state index contributed by atoms with van der Waals surface area (Å²) >= 11 is 6.17. The number of rotatable bonds is 7. The van der Waals surface area contributed by atoms with Gasteiger partial charge in [0.15, 0.2) is 0 Å². The zero-order valence-corrected chi connectivity index (χ0v) is 19.5. The Morgan fingerprint density at radius 3 is 2.45 bits per heavy atom. The number of amides is 1. The van der Waals surface area contributed by atoms with E-state index in [-0.39, 0.29) is 15.8 Å². The van der Waals surface area contributed by atoms with Crippen LogP contribution in [0.1, 0.15) is 35.5 Å². The first-order valence-electron chi connectivity index (χ1n) is 9.92. The number of aryl methyl sites for hydroxylation is 1. The summed E-state index contributed by atoms with van der Waals surface area (Å²) in [6.07, 6.45) is 1.50. The number of halogens is 1. The summed E-state index contributed by atoms with van der Waals surface area (Å²) in [5.74, 6) is -0.383. The summed E-state index contributed by atoms with van der Waals surface area (Å²) in [5.41, 5.74) is 3.33. The number of carbonyl (C=O) groups is 1. The molecule has 0 fully saturated rings. The SMILES string of the molecule is CCN(CC)S(=O)(=O)c1cc(NC(=O)c2cnn(-c3ccccc3C)c2C)ccc1Cl. The average molecular weight is 461 g/mol. The monoisotopic (exact) mass is 460 g/mol. The van der Waals surface area contributed by atoms with E-state index in [9.17, 15) is 13.2 Å². The second-order valence-corrected chi connectivity index (χ2v) is 9.34. The summed E-state index contributed by atoms with van der Waals surface area (Å²) in [6, 6.07) is 12.2. The van der Waals surface area contributed by atoms with Crippen LogP contribution < -0.4 is 5.32 Å². The van der Waals surface area contributed by atoms with Gasteiger partial charge in [0, 0.05) is 18.8 Å². The van der Waals surface area contributed by atoms with Gasteiger partial charge in [0.25, 0.3) is 5.91 Å². The number of sulfonamides is 1. The molecule has 9 heteroatoms. The van der Waals surface area contributed by atoms with E-state index >= 15 is 0 Å². The van der Waals surface area contributed by atoms with Crippen molar-refractivity contribution < 1.29 is 13.2 Å². The van der Waals surface area contributed by atoms with Gasteiger partial charge < -0.3 is 5.32 Å². The number of benzene rings is 2. The molecule has 0 spiro atoms. The van der Waals surface area contributed by atoms with E-state index in [1.807, 2.05) is 38.1 Å². The zero-order valence-electron chi connectivity index (χ0n) is 17.9. The second kappa shape index (κ2) is 9.21. The lowest BCUT2D eigenvalue weighted by Gasteiger charge is -2.19. The minimum Gasteiger partial charge on any atom is -0.322 e. The molecule has 0 saturated heterocycles. The highest BCUT2D eigenvalue weighted by Gasteiger charge is 2.25. The molecule has 0 aliphatic carbocycles. The number of hydrogen-bond acceptors (Lipinski definition) is 4. The number of hydrogen-bond donors (Lipinski definition) is 1. The van der Waals surface area contributed by atoms with E-state index in [4.69, 9.17) is 11.6 Å². The fraction of sp³-hybridized carbons (Fsp3) is 0.273. The van der Waals surface area contributed by atoms with Gasteiger partial charge in [-0.25, -0.2) is 13.1 Å². The number of anilines is 1. The lowest BCUT2D eigenvalue weighted by atomic mass is 10.2. The van der Waals surface area contributed by atoms with Gasteiger partial charge in [-0.05, 0) is 43.7 Å². The van der Waals surface area contributed by atoms with Crippen molar-refractivity contribution in [1.29, 1.82) is 0 Å². The quantitative estimate of drug-likeness (QED) is 0.565. The lowest BCUT2D eigenvalue weighted by Crippen LogP contribution is -2.30. The summed E-state index contributed by atoms with van der Waals surface area (Å²) in [7, 11) is -3.77. The molecular formula is C22H25ClN4O3S. The Labute approximate surface area is 187 Å². The van der Waals surface area contributed by atoms with E-state index in [2.05, 4.69) is 10.4 Å². The zero-order chi connectivity index (χ0) is 22.8. The molecule has 0 radical (unpaired) electrons. The van der Waals surface area contributed by atoms with Crippen molar-refractivity contribution in [2.24, 2.45) is 0 Å². The summed E-state index contributed by atoms with van der Waals surface area (Å²) in [4.78, 5) is 12.9. The van der Waals surface area contributed by atoms with Crippen molar-refractivity contribution in [1.82, 2.24) is 14.1 Å². The van der Waals surface area contributed by atoms with Gasteiger partial charge in [0.05, 0.1) is 28.2 Å². The molecule has 3 rings (SSSR count). The molecule has 2 aromatic carbocycles. The fourth-order valence-corrected chi connectivity index (χ4v) is 5.31. The van der Waals surface area contributed by atoms with Crippen LogP contribution in [0.3, 0.4) is 0 Å². The Morgan fingerprint density at radius 1 is 1.13 bits per heavy atom. The Kier molecular flexibility index (Phi) is 6.83. The van der Waals surface area contributed by atoms with E-state index in [1.54, 1.807) is 24.6 Å². The first-order chi connectivity index (χ1) is 14.7. The van der Waals surface area contributed by atoms with Gasteiger partial charge in [-0.3, -0.25) is 4.79 Å². The van der Waals surface area contributed by atoms with Crippen molar-refractivity contribution in [3.63, 3.8) is 0 Å². The van der Waals surface area contributed by atoms with Crippen LogP contribution in [0.2, 0.25) is 5.02 Å². The van der Waals surface area contributed by atoms with Crippen molar-refractivity contribution in [3.05, 3.63) is 70.5 Å². The van der Waals surface area contributed by atoms with E-state index in [0.29, 0.717) is 30.0 Å². The predicted molar refractivity (Wildman–Crippen MR) is 123 cm³/mol. The molecule has 0 atom stereocenters. The lowest BCUT2D eigenvalue weighted by molar-refractivity contribution is 0.102. The van der Waals surface area contributed by atoms with Gasteiger partial charge in [-0.15, -0.1) is 0 Å². The number of nitrogens with zero attached hydrogens (tertiary/aromatic N) is 3. The highest BCUT2D eigenvalue weighted by molar-refractivity contribution is 7.89. The van der Waals surface area contributed by atoms with Gasteiger partial charge in [-0.1, -0.05) is 43.6 Å². The summed E-state index contributed by atoms with van der Waals surface area (Å²) in [5, 5.41) is 7.22. The molecule has 3 aromatic rings. The molecule has 1 N–H and O–H groups in total. The van der Waals surface area contributed by atoms with Crippen LogP contribution in [0.5, 0.6) is 0 Å². The molecule has 164 valence electrons. The van der Waals surface area contributed by atoms with E-state index < -0.39 is 10.0 Å². The van der Waals surface area contributed by atoms with Gasteiger partial charge in [-0.2, -0.15) is 9.40 Å². The Morgan fingerprint density at radius 2 is 1.81 bits per heavy atom. The average Bonchev–Trinajstić information content (AvgIpc) is 3.11. The molecule has 0 bridgehead atoms. The highest BCUT2D eigenvalue weighted by atomic mass is 35.5. The molecule has 1 heterocycles. The predicted octanol–water partition coefficient (Wildman–Crippen LogP) is 4.43. The number of nitrogens with one attached hydrogen (secondary N) is 1. The first-order valence-corrected chi connectivity index (χ1v) is 11.7. The molecule has 0 aliphatic rings. The van der Waals surface area contributed by atoms with Crippen LogP contribution in [0.25, 0.3) is 5.69 Å². The van der Waals surface area contributed by atoms with Gasteiger partial charge in [0.1, 0.15) is 4.90 Å². The highest BCUT2D eigenvalue weighted by Crippen LogP contribution is 2.28. The van der Waals surface area contributed by atoms with Crippen LogP contribution in [-0.4, -0.2) is 41.5 Å². The Balaban J connectivity index is 1.91. The van der Waals surface area contributed by atoms with E-state index in [1.165, 1.54) is 22.6 Å². The Bertz CT molecular complexity index is 1220. The maximum absolute atomic E-state index is 12.9. The van der Waals surface area contributed by atoms with Gasteiger partial charge >= 0.3 is 0 Å². The molecule has 1 aromatic heterocycles. The molecule has 7 nitrogen and oxygen atoms in total. The fourth-order valence-electron chi connectivity index (χ4n) is 3.36. The first kappa shape index (κ1) is 23.0. The summed E-state index contributed by atoms with van der Waals surface area (Å²) in [6.45, 7) is 7.95.